The van der Waals surface area contributed by atoms with Crippen LogP contribution in [0.4, 0.5) is 5.82 Å². The molecule has 1 rings (SSSR count). The summed E-state index contributed by atoms with van der Waals surface area (Å²) in [5.41, 5.74) is 0.905. The third-order valence-corrected chi connectivity index (χ3v) is 4.74. The van der Waals surface area contributed by atoms with Gasteiger partial charge < -0.3 is 5.32 Å². The quantitative estimate of drug-likeness (QED) is 0.438. The summed E-state index contributed by atoms with van der Waals surface area (Å²) in [4.78, 5) is 8.37. The summed E-state index contributed by atoms with van der Waals surface area (Å²) in [5.74, 6) is 5.45. The molecule has 122 valence electrons. The van der Waals surface area contributed by atoms with Crippen LogP contribution in [0.15, 0.2) is 6.33 Å². The summed E-state index contributed by atoms with van der Waals surface area (Å²) in [5, 5.41) is 3.97. The summed E-state index contributed by atoms with van der Waals surface area (Å²) in [7, 11) is 0. The number of unbranched alkanes of at least 4 members (excludes halogenated alkanes) is 5. The fourth-order valence-electron chi connectivity index (χ4n) is 2.15. The molecule has 5 heteroatoms. The van der Waals surface area contributed by atoms with E-state index in [1.807, 2.05) is 18.7 Å². The van der Waals surface area contributed by atoms with Crippen LogP contribution >= 0.6 is 23.4 Å². The van der Waals surface area contributed by atoms with Crippen molar-refractivity contribution in [3.63, 3.8) is 0 Å². The van der Waals surface area contributed by atoms with Crippen LogP contribution in [-0.4, -0.2) is 28.0 Å². The Labute approximate surface area is 144 Å². The predicted octanol–water partition coefficient (Wildman–Crippen LogP) is 4.81. The van der Waals surface area contributed by atoms with Gasteiger partial charge in [-0.15, -0.1) is 18.2 Å². The lowest BCUT2D eigenvalue weighted by atomic mass is 10.1. The summed E-state index contributed by atoms with van der Waals surface area (Å²) in [6.45, 7) is 2.96. The fourth-order valence-corrected chi connectivity index (χ4v) is 3.12. The highest BCUT2D eigenvalue weighted by Gasteiger charge is 2.06. The van der Waals surface area contributed by atoms with Gasteiger partial charge in [-0.05, 0) is 25.0 Å². The van der Waals surface area contributed by atoms with E-state index in [-0.39, 0.29) is 0 Å². The zero-order chi connectivity index (χ0) is 16.0. The summed E-state index contributed by atoms with van der Waals surface area (Å²) < 4.78 is 0. The normalized spacial score (nSPS) is 10.4. The molecule has 0 saturated carbocycles. The lowest BCUT2D eigenvalue weighted by Gasteiger charge is -2.09. The minimum absolute atomic E-state index is 0.662. The van der Waals surface area contributed by atoms with Gasteiger partial charge in [0.2, 0.25) is 0 Å². The maximum atomic E-state index is 6.24. The van der Waals surface area contributed by atoms with E-state index in [1.54, 1.807) is 6.33 Å². The van der Waals surface area contributed by atoms with E-state index in [4.69, 9.17) is 18.0 Å². The molecule has 1 heterocycles. The van der Waals surface area contributed by atoms with Crippen molar-refractivity contribution in [3.05, 3.63) is 17.0 Å². The van der Waals surface area contributed by atoms with E-state index < -0.39 is 0 Å². The van der Waals surface area contributed by atoms with Gasteiger partial charge in [0.05, 0.1) is 11.4 Å². The zero-order valence-electron chi connectivity index (χ0n) is 13.4. The number of halogens is 1. The van der Waals surface area contributed by atoms with Crippen LogP contribution < -0.4 is 5.32 Å². The van der Waals surface area contributed by atoms with Crippen molar-refractivity contribution >= 4 is 29.2 Å². The third-order valence-electron chi connectivity index (χ3n) is 3.39. The second-order valence-electron chi connectivity index (χ2n) is 5.14. The van der Waals surface area contributed by atoms with Crippen LogP contribution in [-0.2, 0) is 6.42 Å². The highest BCUT2D eigenvalue weighted by Crippen LogP contribution is 2.22. The standard InChI is InChI=1S/C17H26ClN3S/c1-3-12-22-13-10-8-6-5-7-9-11-19-17-16(18)15(4-2)20-14-21-17/h1,14H,4-13H2,2H3,(H,19,20,21). The molecule has 1 aromatic rings. The number of aryl methyl sites for hydroxylation is 1. The molecule has 0 aliphatic rings. The Kier molecular flexibility index (Phi) is 11.0. The van der Waals surface area contributed by atoms with Crippen molar-refractivity contribution in [2.45, 2.75) is 51.9 Å². The minimum atomic E-state index is 0.662. The van der Waals surface area contributed by atoms with Gasteiger partial charge in [0, 0.05) is 6.54 Å². The Morgan fingerprint density at radius 3 is 2.64 bits per heavy atom. The van der Waals surface area contributed by atoms with Crippen LogP contribution in [0.25, 0.3) is 0 Å². The molecule has 0 spiro atoms. The molecule has 0 aromatic carbocycles. The molecule has 0 bridgehead atoms. The van der Waals surface area contributed by atoms with Crippen LogP contribution in [0.1, 0.15) is 51.1 Å². The average molecular weight is 340 g/mol. The maximum Gasteiger partial charge on any atom is 0.148 e. The molecule has 22 heavy (non-hydrogen) atoms. The summed E-state index contributed by atoms with van der Waals surface area (Å²) >= 11 is 8.10. The molecule has 1 N–H and O–H groups in total. The van der Waals surface area contributed by atoms with Crippen molar-refractivity contribution in [2.75, 3.05) is 23.4 Å². The number of anilines is 1. The lowest BCUT2D eigenvalue weighted by molar-refractivity contribution is 0.619. The smallest absolute Gasteiger partial charge is 0.148 e. The topological polar surface area (TPSA) is 37.8 Å². The van der Waals surface area contributed by atoms with E-state index in [9.17, 15) is 0 Å². The first kappa shape index (κ1) is 19.1. The van der Waals surface area contributed by atoms with E-state index in [1.165, 1.54) is 37.9 Å². The second-order valence-corrected chi connectivity index (χ2v) is 6.62. The van der Waals surface area contributed by atoms with Gasteiger partial charge in [-0.2, -0.15) is 0 Å². The molecule has 3 nitrogen and oxygen atoms in total. The SMILES string of the molecule is C#CCSCCCCCCCCNc1ncnc(CC)c1Cl. The number of nitrogens with zero attached hydrogens (tertiary/aromatic N) is 2. The number of hydrogen-bond donors (Lipinski definition) is 1. The molecule has 0 aliphatic heterocycles. The van der Waals surface area contributed by atoms with Crippen LogP contribution in [0.2, 0.25) is 5.02 Å². The second kappa shape index (κ2) is 12.6. The molecule has 0 aliphatic carbocycles. The number of thioether (sulfide) groups is 1. The number of terminal acetylenes is 1. The molecule has 0 atom stereocenters. The molecule has 0 fully saturated rings. The fraction of sp³-hybridized carbons (Fsp3) is 0.647. The van der Waals surface area contributed by atoms with Crippen molar-refractivity contribution in [2.24, 2.45) is 0 Å². The van der Waals surface area contributed by atoms with Gasteiger partial charge in [0.15, 0.2) is 0 Å². The lowest BCUT2D eigenvalue weighted by Crippen LogP contribution is -2.05. The number of rotatable bonds is 12. The first-order chi connectivity index (χ1) is 10.8. The van der Waals surface area contributed by atoms with Crippen molar-refractivity contribution in [1.82, 2.24) is 9.97 Å². The molecule has 0 unspecified atom stereocenters. The van der Waals surface area contributed by atoms with Gasteiger partial charge in [-0.25, -0.2) is 9.97 Å². The van der Waals surface area contributed by atoms with Gasteiger partial charge in [0.1, 0.15) is 17.2 Å². The molecule has 1 aromatic heterocycles. The van der Waals surface area contributed by atoms with Gasteiger partial charge in [-0.3, -0.25) is 0 Å². The van der Waals surface area contributed by atoms with Crippen LogP contribution in [0.5, 0.6) is 0 Å². The van der Waals surface area contributed by atoms with Crippen molar-refractivity contribution in [3.8, 4) is 12.3 Å². The van der Waals surface area contributed by atoms with Gasteiger partial charge in [0.25, 0.3) is 0 Å². The Hall–Kier alpha value is -0.920. The van der Waals surface area contributed by atoms with E-state index >= 15 is 0 Å². The monoisotopic (exact) mass is 339 g/mol. The van der Waals surface area contributed by atoms with Crippen LogP contribution in [0, 0.1) is 12.3 Å². The van der Waals surface area contributed by atoms with Gasteiger partial charge in [-0.1, -0.05) is 50.1 Å². The van der Waals surface area contributed by atoms with Crippen molar-refractivity contribution < 1.29 is 0 Å². The number of nitrogens with one attached hydrogen (secondary N) is 1. The van der Waals surface area contributed by atoms with Gasteiger partial charge >= 0.3 is 0 Å². The maximum absolute atomic E-state index is 6.24. The van der Waals surface area contributed by atoms with E-state index in [0.29, 0.717) is 5.02 Å². The molecule has 0 radical (unpaired) electrons. The molecule has 0 saturated heterocycles. The first-order valence-electron chi connectivity index (χ1n) is 8.04. The molecular weight excluding hydrogens is 314 g/mol. The summed E-state index contributed by atoms with van der Waals surface area (Å²) in [6, 6.07) is 0. The Bertz CT molecular complexity index is 460. The molecular formula is C17H26ClN3S. The largest absolute Gasteiger partial charge is 0.369 e. The van der Waals surface area contributed by atoms with Crippen molar-refractivity contribution in [1.29, 1.82) is 0 Å². The molecule has 0 amide bonds. The number of hydrogen-bond acceptors (Lipinski definition) is 4. The highest BCUT2D eigenvalue weighted by molar-refractivity contribution is 7.99. The average Bonchev–Trinajstić information content (AvgIpc) is 2.54. The third kappa shape index (κ3) is 7.91. The van der Waals surface area contributed by atoms with E-state index in [2.05, 4.69) is 21.2 Å². The Morgan fingerprint density at radius 1 is 1.18 bits per heavy atom. The Morgan fingerprint density at radius 2 is 1.91 bits per heavy atom. The van der Waals surface area contributed by atoms with Crippen LogP contribution in [0.3, 0.4) is 0 Å². The minimum Gasteiger partial charge on any atom is -0.369 e. The Balaban J connectivity index is 2.01. The highest BCUT2D eigenvalue weighted by atomic mass is 35.5. The number of aromatic nitrogens is 2. The van der Waals surface area contributed by atoms with E-state index in [0.717, 1.165) is 36.7 Å². The first-order valence-corrected chi connectivity index (χ1v) is 9.57. The predicted molar refractivity (Wildman–Crippen MR) is 98.8 cm³/mol. The zero-order valence-corrected chi connectivity index (χ0v) is 15.0. The summed E-state index contributed by atoms with van der Waals surface area (Å²) in [6.07, 6.45) is 15.2.